The lowest BCUT2D eigenvalue weighted by molar-refractivity contribution is -0.114. The summed E-state index contributed by atoms with van der Waals surface area (Å²) in [6, 6.07) is 17.5. The van der Waals surface area contributed by atoms with Crippen molar-refractivity contribution in [2.24, 2.45) is 0 Å². The van der Waals surface area contributed by atoms with Gasteiger partial charge in [-0.05, 0) is 37.2 Å². The van der Waals surface area contributed by atoms with Gasteiger partial charge in [-0.1, -0.05) is 53.8 Å². The molecule has 7 nitrogen and oxygen atoms in total. The van der Waals surface area contributed by atoms with Crippen LogP contribution in [-0.2, 0) is 14.8 Å². The molecule has 0 atom stereocenters. The molecule has 9 heteroatoms. The maximum Gasteiger partial charge on any atom is 0.251 e. The third-order valence-corrected chi connectivity index (χ3v) is 7.08. The Kier molecular flexibility index (Phi) is 6.08. The maximum absolute atomic E-state index is 12.2. The predicted molar refractivity (Wildman–Crippen MR) is 112 cm³/mol. The Morgan fingerprint density at radius 2 is 1.68 bits per heavy atom. The van der Waals surface area contributed by atoms with Gasteiger partial charge in [0.2, 0.25) is 5.91 Å². The van der Waals surface area contributed by atoms with E-state index in [1.165, 1.54) is 7.05 Å². The molecule has 3 aromatic rings. The van der Waals surface area contributed by atoms with Gasteiger partial charge in [0.1, 0.15) is 0 Å². The smallest absolute Gasteiger partial charge is 0.251 e. The van der Waals surface area contributed by atoms with Crippen molar-refractivity contribution in [3.63, 3.8) is 0 Å². The van der Waals surface area contributed by atoms with Crippen molar-refractivity contribution in [1.82, 2.24) is 9.71 Å². The van der Waals surface area contributed by atoms with Gasteiger partial charge < -0.3 is 10.6 Å². The quantitative estimate of drug-likeness (QED) is 0.550. The summed E-state index contributed by atoms with van der Waals surface area (Å²) < 4.78 is 26.2. The fourth-order valence-electron chi connectivity index (χ4n) is 2.54. The average Bonchev–Trinajstić information content (AvgIpc) is 3.09. The first-order valence-corrected chi connectivity index (χ1v) is 10.8. The van der Waals surface area contributed by atoms with E-state index in [4.69, 9.17) is 0 Å². The Morgan fingerprint density at radius 3 is 2.32 bits per heavy atom. The number of thiazole rings is 1. The van der Waals surface area contributed by atoms with E-state index < -0.39 is 10.0 Å². The highest BCUT2D eigenvalue weighted by Gasteiger charge is 2.20. The van der Waals surface area contributed by atoms with Crippen LogP contribution in [0.25, 0.3) is 11.1 Å². The molecule has 1 heterocycles. The lowest BCUT2D eigenvalue weighted by atomic mass is 10.1. The summed E-state index contributed by atoms with van der Waals surface area (Å²) in [6.45, 7) is 1.59. The fraction of sp³-hybridized carbons (Fsp3) is 0.158. The number of amides is 1. The minimum absolute atomic E-state index is 0.0214. The maximum atomic E-state index is 12.2. The molecule has 0 unspecified atom stereocenters. The summed E-state index contributed by atoms with van der Waals surface area (Å²) in [5.74, 6) is -0.252. The molecule has 2 aromatic carbocycles. The number of carbonyl (C=O) groups is 1. The number of nitrogens with one attached hydrogen (secondary N) is 3. The van der Waals surface area contributed by atoms with Crippen molar-refractivity contribution in [3.8, 4) is 11.1 Å². The Bertz CT molecular complexity index is 1060. The molecule has 0 fully saturated rings. The molecule has 0 saturated heterocycles. The first-order chi connectivity index (χ1) is 13.4. The van der Waals surface area contributed by atoms with Gasteiger partial charge in [0.05, 0.1) is 12.2 Å². The Balaban J connectivity index is 1.58. The largest absolute Gasteiger partial charge is 0.352 e. The molecule has 0 aliphatic heterocycles. The molecule has 0 radical (unpaired) electrons. The average molecular weight is 417 g/mol. The lowest BCUT2D eigenvalue weighted by Gasteiger charge is -2.07. The van der Waals surface area contributed by atoms with Gasteiger partial charge in [-0.2, -0.15) is 0 Å². The van der Waals surface area contributed by atoms with Crippen LogP contribution in [0.15, 0.2) is 58.8 Å². The molecule has 0 saturated carbocycles. The van der Waals surface area contributed by atoms with Gasteiger partial charge >= 0.3 is 0 Å². The first kappa shape index (κ1) is 20.0. The lowest BCUT2D eigenvalue weighted by Crippen LogP contribution is -2.21. The SMILES string of the molecule is CNS(=O)(=O)c1sc(NCC(=O)Nc2ccc(-c3ccccc3)cc2)nc1C. The third-order valence-electron chi connectivity index (χ3n) is 3.94. The summed E-state index contributed by atoms with van der Waals surface area (Å²) in [6.07, 6.45) is 0. The Labute approximate surface area is 167 Å². The zero-order valence-electron chi connectivity index (χ0n) is 15.4. The second-order valence-corrected chi connectivity index (χ2v) is 9.03. The van der Waals surface area contributed by atoms with E-state index in [0.717, 1.165) is 22.5 Å². The molecule has 3 N–H and O–H groups in total. The van der Waals surface area contributed by atoms with Crippen LogP contribution in [-0.4, -0.2) is 32.9 Å². The highest BCUT2D eigenvalue weighted by molar-refractivity contribution is 7.91. The van der Waals surface area contributed by atoms with Crippen LogP contribution in [0.3, 0.4) is 0 Å². The zero-order valence-corrected chi connectivity index (χ0v) is 17.0. The summed E-state index contributed by atoms with van der Waals surface area (Å²) in [5, 5.41) is 6.04. The van der Waals surface area contributed by atoms with Crippen molar-refractivity contribution in [3.05, 3.63) is 60.3 Å². The number of benzene rings is 2. The summed E-state index contributed by atoms with van der Waals surface area (Å²) in [7, 11) is -2.21. The molecule has 0 spiro atoms. The van der Waals surface area contributed by atoms with Gasteiger partial charge in [-0.3, -0.25) is 4.79 Å². The van der Waals surface area contributed by atoms with E-state index in [0.29, 0.717) is 16.5 Å². The zero-order chi connectivity index (χ0) is 20.1. The van der Waals surface area contributed by atoms with Gasteiger partial charge in [0.15, 0.2) is 9.34 Å². The third kappa shape index (κ3) is 4.75. The molecule has 0 aliphatic rings. The van der Waals surface area contributed by atoms with E-state index in [9.17, 15) is 13.2 Å². The van der Waals surface area contributed by atoms with E-state index >= 15 is 0 Å². The highest BCUT2D eigenvalue weighted by atomic mass is 32.2. The molecule has 1 aromatic heterocycles. The van der Waals surface area contributed by atoms with E-state index in [1.54, 1.807) is 6.92 Å². The van der Waals surface area contributed by atoms with Crippen LogP contribution in [0.2, 0.25) is 0 Å². The van der Waals surface area contributed by atoms with Crippen molar-refractivity contribution in [2.45, 2.75) is 11.1 Å². The molecular weight excluding hydrogens is 396 g/mol. The van der Waals surface area contributed by atoms with Gasteiger partial charge in [-0.25, -0.2) is 18.1 Å². The number of nitrogens with zero attached hydrogens (tertiary/aromatic N) is 1. The summed E-state index contributed by atoms with van der Waals surface area (Å²) in [5.41, 5.74) is 3.24. The highest BCUT2D eigenvalue weighted by Crippen LogP contribution is 2.26. The van der Waals surface area contributed by atoms with Crippen LogP contribution >= 0.6 is 11.3 Å². The Hall–Kier alpha value is -2.75. The van der Waals surface area contributed by atoms with Gasteiger partial charge in [0.25, 0.3) is 10.0 Å². The number of hydrogen-bond donors (Lipinski definition) is 3. The topological polar surface area (TPSA) is 100 Å². The van der Waals surface area contributed by atoms with Crippen molar-refractivity contribution >= 4 is 38.1 Å². The van der Waals surface area contributed by atoms with Crippen molar-refractivity contribution < 1.29 is 13.2 Å². The summed E-state index contributed by atoms with van der Waals surface area (Å²) in [4.78, 5) is 16.3. The number of aryl methyl sites for hydroxylation is 1. The number of carbonyl (C=O) groups excluding carboxylic acids is 1. The molecule has 1 amide bonds. The molecule has 28 heavy (non-hydrogen) atoms. The molecule has 0 bridgehead atoms. The van der Waals surface area contributed by atoms with Crippen LogP contribution in [0.1, 0.15) is 5.69 Å². The van der Waals surface area contributed by atoms with Gasteiger partial charge in [0, 0.05) is 5.69 Å². The molecular formula is C19H20N4O3S2. The number of sulfonamides is 1. The predicted octanol–water partition coefficient (Wildman–Crippen LogP) is 3.08. The number of anilines is 2. The normalized spacial score (nSPS) is 11.2. The van der Waals surface area contributed by atoms with Gasteiger partial charge in [-0.15, -0.1) is 0 Å². The number of aromatic nitrogens is 1. The molecule has 146 valence electrons. The van der Waals surface area contributed by atoms with Crippen LogP contribution in [0.4, 0.5) is 10.8 Å². The minimum Gasteiger partial charge on any atom is -0.352 e. The second kappa shape index (κ2) is 8.51. The van der Waals surface area contributed by atoms with Crippen LogP contribution in [0.5, 0.6) is 0 Å². The number of rotatable bonds is 7. The number of hydrogen-bond acceptors (Lipinski definition) is 6. The van der Waals surface area contributed by atoms with E-state index in [1.807, 2.05) is 54.6 Å². The van der Waals surface area contributed by atoms with E-state index in [2.05, 4.69) is 20.3 Å². The summed E-state index contributed by atoms with van der Waals surface area (Å²) >= 11 is 0.986. The van der Waals surface area contributed by atoms with Crippen LogP contribution < -0.4 is 15.4 Å². The fourth-order valence-corrected chi connectivity index (χ4v) is 4.78. The standard InChI is InChI=1S/C19H20N4O3S2/c1-13-18(28(25,26)20-2)27-19(22-13)21-12-17(24)23-16-10-8-15(9-11-16)14-6-4-3-5-7-14/h3-11,20H,12H2,1-2H3,(H,21,22)(H,23,24). The van der Waals surface area contributed by atoms with E-state index in [-0.39, 0.29) is 16.7 Å². The molecule has 0 aliphatic carbocycles. The first-order valence-electron chi connectivity index (χ1n) is 8.49. The Morgan fingerprint density at radius 1 is 1.04 bits per heavy atom. The van der Waals surface area contributed by atoms with Crippen molar-refractivity contribution in [2.75, 3.05) is 24.2 Å². The monoisotopic (exact) mass is 416 g/mol. The second-order valence-electron chi connectivity index (χ2n) is 5.94. The molecule has 3 rings (SSSR count). The minimum atomic E-state index is -3.56. The van der Waals surface area contributed by atoms with Crippen molar-refractivity contribution in [1.29, 1.82) is 0 Å². The van der Waals surface area contributed by atoms with Crippen LogP contribution in [0, 0.1) is 6.92 Å².